The summed E-state index contributed by atoms with van der Waals surface area (Å²) in [7, 11) is -3.90. The van der Waals surface area contributed by atoms with Crippen LogP contribution in [0.5, 0.6) is 0 Å². The number of hydrogen-bond donors (Lipinski definition) is 1. The number of aliphatic carboxylic acids is 1. The van der Waals surface area contributed by atoms with Crippen LogP contribution in [0.2, 0.25) is 5.22 Å². The molecule has 3 rings (SSSR count). The van der Waals surface area contributed by atoms with Crippen molar-refractivity contribution < 1.29 is 27.5 Å². The third-order valence-electron chi connectivity index (χ3n) is 3.97. The number of carboxylic acids is 1. The van der Waals surface area contributed by atoms with Gasteiger partial charge in [0.2, 0.25) is 15.2 Å². The van der Waals surface area contributed by atoms with Crippen molar-refractivity contribution in [2.24, 2.45) is 0 Å². The van der Waals surface area contributed by atoms with Gasteiger partial charge in [0.05, 0.1) is 18.4 Å². The number of sulfonamides is 1. The Labute approximate surface area is 126 Å². The van der Waals surface area contributed by atoms with Crippen molar-refractivity contribution in [2.45, 2.75) is 35.9 Å². The van der Waals surface area contributed by atoms with Gasteiger partial charge in [0.15, 0.2) is 6.10 Å². The Kier molecular flexibility index (Phi) is 3.52. The average Bonchev–Trinajstić information content (AvgIpc) is 2.83. The van der Waals surface area contributed by atoms with E-state index in [4.69, 9.17) is 25.9 Å². The first kappa shape index (κ1) is 14.8. The van der Waals surface area contributed by atoms with Crippen LogP contribution in [-0.4, -0.2) is 48.6 Å². The van der Waals surface area contributed by atoms with Crippen LogP contribution in [0.1, 0.15) is 19.3 Å². The number of halogens is 1. The fraction of sp³-hybridized carbons (Fsp3) is 0.583. The van der Waals surface area contributed by atoms with Crippen LogP contribution in [0.4, 0.5) is 0 Å². The van der Waals surface area contributed by atoms with E-state index in [-0.39, 0.29) is 23.2 Å². The largest absolute Gasteiger partial charge is 0.479 e. The lowest BCUT2D eigenvalue weighted by atomic mass is 9.79. The standard InChI is InChI=1S/C12H14ClNO6S/c13-10-9(2-5-19-10)21(17,18)14-6-8(11(15)16)20-12(7-14)3-1-4-12/h2,5,8H,1,3-4,6-7H2,(H,15,16). The maximum atomic E-state index is 12.6. The third-order valence-corrected chi connectivity index (χ3v) is 6.21. The summed E-state index contributed by atoms with van der Waals surface area (Å²) < 4.78 is 36.7. The maximum Gasteiger partial charge on any atom is 0.334 e. The van der Waals surface area contributed by atoms with Crippen LogP contribution < -0.4 is 0 Å². The molecular formula is C12H14ClNO6S. The van der Waals surface area contributed by atoms with E-state index in [0.717, 1.165) is 10.7 Å². The zero-order valence-electron chi connectivity index (χ0n) is 11.0. The molecule has 1 aliphatic carbocycles. The number of furan rings is 1. The van der Waals surface area contributed by atoms with Crippen molar-refractivity contribution in [1.29, 1.82) is 0 Å². The van der Waals surface area contributed by atoms with Crippen molar-refractivity contribution in [1.82, 2.24) is 4.31 Å². The van der Waals surface area contributed by atoms with Gasteiger partial charge in [-0.05, 0) is 36.9 Å². The van der Waals surface area contributed by atoms with Crippen LogP contribution in [0.3, 0.4) is 0 Å². The van der Waals surface area contributed by atoms with Gasteiger partial charge in [-0.15, -0.1) is 0 Å². The fourth-order valence-electron chi connectivity index (χ4n) is 2.71. The lowest BCUT2D eigenvalue weighted by Crippen LogP contribution is -2.61. The second-order valence-corrected chi connectivity index (χ2v) is 7.59. The van der Waals surface area contributed by atoms with Gasteiger partial charge in [0.1, 0.15) is 4.90 Å². The van der Waals surface area contributed by atoms with E-state index in [2.05, 4.69) is 0 Å². The summed E-state index contributed by atoms with van der Waals surface area (Å²) in [5.41, 5.74) is -0.690. The summed E-state index contributed by atoms with van der Waals surface area (Å²) in [4.78, 5) is 11.1. The SMILES string of the molecule is O=C(O)C1CN(S(=O)(=O)c2ccoc2Cl)CC2(CCC2)O1. The van der Waals surface area contributed by atoms with Gasteiger partial charge in [-0.2, -0.15) is 4.31 Å². The van der Waals surface area contributed by atoms with E-state index < -0.39 is 27.7 Å². The zero-order valence-corrected chi connectivity index (χ0v) is 12.6. The maximum absolute atomic E-state index is 12.6. The minimum absolute atomic E-state index is 0.140. The number of rotatable bonds is 3. The minimum atomic E-state index is -3.90. The molecule has 1 aromatic rings. The number of morpholine rings is 1. The Morgan fingerprint density at radius 1 is 1.48 bits per heavy atom. The van der Waals surface area contributed by atoms with Crippen molar-refractivity contribution in [2.75, 3.05) is 13.1 Å². The van der Waals surface area contributed by atoms with E-state index in [0.29, 0.717) is 12.8 Å². The molecule has 2 heterocycles. The van der Waals surface area contributed by atoms with E-state index in [1.54, 1.807) is 0 Å². The summed E-state index contributed by atoms with van der Waals surface area (Å²) in [5, 5.41) is 8.94. The first-order chi connectivity index (χ1) is 9.84. The summed E-state index contributed by atoms with van der Waals surface area (Å²) in [6.45, 7) is -0.0957. The summed E-state index contributed by atoms with van der Waals surface area (Å²) >= 11 is 5.74. The molecule has 1 N–H and O–H groups in total. The predicted octanol–water partition coefficient (Wildman–Crippen LogP) is 1.33. The Morgan fingerprint density at radius 2 is 2.19 bits per heavy atom. The van der Waals surface area contributed by atoms with Crippen molar-refractivity contribution in [3.8, 4) is 0 Å². The first-order valence-corrected chi connectivity index (χ1v) is 8.30. The smallest absolute Gasteiger partial charge is 0.334 e. The van der Waals surface area contributed by atoms with Gasteiger partial charge in [0, 0.05) is 6.54 Å². The number of hydrogen-bond acceptors (Lipinski definition) is 5. The molecule has 1 atom stereocenters. The fourth-order valence-corrected chi connectivity index (χ4v) is 4.61. The molecule has 1 spiro atoms. The third kappa shape index (κ3) is 2.46. The minimum Gasteiger partial charge on any atom is -0.479 e. The van der Waals surface area contributed by atoms with Crippen LogP contribution in [-0.2, 0) is 19.6 Å². The average molecular weight is 336 g/mol. The molecule has 0 aromatic carbocycles. The molecule has 0 amide bonds. The summed E-state index contributed by atoms with van der Waals surface area (Å²) in [5.74, 6) is -1.17. The molecule has 0 radical (unpaired) electrons. The summed E-state index contributed by atoms with van der Waals surface area (Å²) in [6, 6.07) is 1.26. The van der Waals surface area contributed by atoms with Crippen LogP contribution in [0, 0.1) is 0 Å². The van der Waals surface area contributed by atoms with Crippen molar-refractivity contribution in [3.63, 3.8) is 0 Å². The molecule has 7 nitrogen and oxygen atoms in total. The van der Waals surface area contributed by atoms with Crippen LogP contribution >= 0.6 is 11.6 Å². The Balaban J connectivity index is 1.93. The lowest BCUT2D eigenvalue weighted by molar-refractivity contribution is -0.195. The first-order valence-electron chi connectivity index (χ1n) is 6.48. The predicted molar refractivity (Wildman–Crippen MR) is 71.6 cm³/mol. The molecule has 1 aliphatic heterocycles. The highest BCUT2D eigenvalue weighted by Gasteiger charge is 2.50. The van der Waals surface area contributed by atoms with Crippen molar-refractivity contribution in [3.05, 3.63) is 17.5 Å². The highest BCUT2D eigenvalue weighted by molar-refractivity contribution is 7.89. The topological polar surface area (TPSA) is 97.1 Å². The van der Waals surface area contributed by atoms with E-state index in [1.807, 2.05) is 0 Å². The van der Waals surface area contributed by atoms with E-state index in [1.165, 1.54) is 12.3 Å². The van der Waals surface area contributed by atoms with Gasteiger partial charge < -0.3 is 14.3 Å². The Bertz CT molecular complexity index is 665. The van der Waals surface area contributed by atoms with Crippen LogP contribution in [0.15, 0.2) is 21.6 Å². The molecule has 0 bridgehead atoms. The van der Waals surface area contributed by atoms with Gasteiger partial charge in [-0.3, -0.25) is 0 Å². The zero-order chi connectivity index (χ0) is 15.3. The number of nitrogens with zero attached hydrogens (tertiary/aromatic N) is 1. The molecule has 1 saturated carbocycles. The second-order valence-electron chi connectivity index (χ2n) is 5.34. The molecular weight excluding hydrogens is 322 g/mol. The van der Waals surface area contributed by atoms with Gasteiger partial charge >= 0.3 is 5.97 Å². The molecule has 116 valence electrons. The lowest BCUT2D eigenvalue weighted by Gasteiger charge is -2.49. The molecule has 1 unspecified atom stereocenters. The highest BCUT2D eigenvalue weighted by atomic mass is 35.5. The van der Waals surface area contributed by atoms with E-state index in [9.17, 15) is 13.2 Å². The Hall–Kier alpha value is -1.09. The molecule has 1 aromatic heterocycles. The van der Waals surface area contributed by atoms with Gasteiger partial charge in [-0.25, -0.2) is 13.2 Å². The van der Waals surface area contributed by atoms with Gasteiger partial charge in [-0.1, -0.05) is 0 Å². The molecule has 2 fully saturated rings. The highest BCUT2D eigenvalue weighted by Crippen LogP contribution is 2.41. The summed E-state index contributed by atoms with van der Waals surface area (Å²) in [6.07, 6.45) is 2.22. The monoisotopic (exact) mass is 335 g/mol. The number of ether oxygens (including phenoxy) is 1. The Morgan fingerprint density at radius 3 is 2.67 bits per heavy atom. The number of carboxylic acid groups (broad SMARTS) is 1. The molecule has 9 heteroatoms. The number of carbonyl (C=O) groups is 1. The van der Waals surface area contributed by atoms with Crippen molar-refractivity contribution >= 4 is 27.6 Å². The normalized spacial score (nSPS) is 25.7. The van der Waals surface area contributed by atoms with Crippen LogP contribution in [0.25, 0.3) is 0 Å². The van der Waals surface area contributed by atoms with E-state index >= 15 is 0 Å². The molecule has 2 aliphatic rings. The second kappa shape index (κ2) is 4.98. The quantitative estimate of drug-likeness (QED) is 0.895. The van der Waals surface area contributed by atoms with Gasteiger partial charge in [0.25, 0.3) is 0 Å². The molecule has 21 heavy (non-hydrogen) atoms. The molecule has 1 saturated heterocycles.